The Morgan fingerprint density at radius 3 is 1.07 bits per heavy atom. The van der Waals surface area contributed by atoms with E-state index in [0.717, 1.165) is 0 Å². The van der Waals surface area contributed by atoms with E-state index in [0.29, 0.717) is 10.1 Å². The first-order chi connectivity index (χ1) is 13.7. The van der Waals surface area contributed by atoms with Crippen molar-refractivity contribution in [3.63, 3.8) is 0 Å². The van der Waals surface area contributed by atoms with Gasteiger partial charge in [0.05, 0.1) is 27.7 Å². The highest BCUT2D eigenvalue weighted by atomic mass is 33.7. The SMILES string of the molecule is CCCC[SiH](CCCC)C(OC)SSSSC(OC)[SiH](CCCC)CCCC. The zero-order valence-electron chi connectivity index (χ0n) is 19.2. The van der Waals surface area contributed by atoms with E-state index in [2.05, 4.69) is 27.7 Å². The Morgan fingerprint density at radius 1 is 0.571 bits per heavy atom. The number of rotatable bonds is 21. The minimum absolute atomic E-state index is 0.449. The molecule has 0 amide bonds. The van der Waals surface area contributed by atoms with E-state index < -0.39 is 17.6 Å². The fraction of sp³-hybridized carbons (Fsp3) is 1.00. The molecule has 0 fully saturated rings. The summed E-state index contributed by atoms with van der Waals surface area (Å²) < 4.78 is 11.9. The van der Waals surface area contributed by atoms with E-state index in [1.54, 1.807) is 0 Å². The van der Waals surface area contributed by atoms with E-state index in [1.165, 1.54) is 75.5 Å². The highest BCUT2D eigenvalue weighted by Gasteiger charge is 2.25. The number of hydrogen-bond acceptors (Lipinski definition) is 6. The lowest BCUT2D eigenvalue weighted by Gasteiger charge is -2.25. The Kier molecular flexibility index (Phi) is 23.3. The predicted octanol–water partition coefficient (Wildman–Crippen LogP) is 8.34. The molecule has 0 aliphatic carbocycles. The molecule has 0 heterocycles. The third-order valence-corrected chi connectivity index (χ3v) is 22.4. The van der Waals surface area contributed by atoms with E-state index in [4.69, 9.17) is 9.47 Å². The average molecular weight is 503 g/mol. The van der Waals surface area contributed by atoms with Crippen LogP contribution in [0, 0.1) is 0 Å². The predicted molar refractivity (Wildman–Crippen MR) is 145 cm³/mol. The molecule has 2 atom stereocenters. The van der Waals surface area contributed by atoms with Crippen LogP contribution >= 0.6 is 41.2 Å². The van der Waals surface area contributed by atoms with Crippen molar-refractivity contribution >= 4 is 58.8 Å². The molecule has 0 spiro atoms. The molecule has 0 aromatic carbocycles. The summed E-state index contributed by atoms with van der Waals surface area (Å²) in [4.78, 5) is 0. The van der Waals surface area contributed by atoms with Crippen molar-refractivity contribution < 1.29 is 9.47 Å². The molecule has 2 unspecified atom stereocenters. The Balaban J connectivity index is 4.47. The summed E-state index contributed by atoms with van der Waals surface area (Å²) >= 11 is 0. The van der Waals surface area contributed by atoms with Crippen LogP contribution in [-0.2, 0) is 9.47 Å². The first kappa shape index (κ1) is 29.8. The van der Waals surface area contributed by atoms with E-state index >= 15 is 0 Å². The standard InChI is InChI=1S/C20H46O2S4Si2/c1-7-11-15-27(16-12-8-2)19(21-5)23-25-26-24-20(22-6)28(17-13-9-3)18-14-10-4/h19-20,27-28H,7-18H2,1-6H3. The van der Waals surface area contributed by atoms with Crippen molar-refractivity contribution in [2.24, 2.45) is 0 Å². The molecule has 0 saturated carbocycles. The summed E-state index contributed by atoms with van der Waals surface area (Å²) in [6.45, 7) is 9.24. The van der Waals surface area contributed by atoms with Gasteiger partial charge in [-0.3, -0.25) is 0 Å². The molecule has 0 aliphatic heterocycles. The quantitative estimate of drug-likeness (QED) is 0.0674. The maximum absolute atomic E-state index is 5.95. The van der Waals surface area contributed by atoms with Crippen molar-refractivity contribution in [1.29, 1.82) is 0 Å². The number of methoxy groups -OCH3 is 2. The van der Waals surface area contributed by atoms with Gasteiger partial charge in [-0.2, -0.15) is 0 Å². The molecular formula is C20H46O2S4Si2. The van der Waals surface area contributed by atoms with Gasteiger partial charge in [-0.25, -0.2) is 0 Å². The summed E-state index contributed by atoms with van der Waals surface area (Å²) in [5.74, 6) is 0. The van der Waals surface area contributed by atoms with Crippen LogP contribution in [0.3, 0.4) is 0 Å². The van der Waals surface area contributed by atoms with Crippen LogP contribution in [0.4, 0.5) is 0 Å². The fourth-order valence-electron chi connectivity index (χ4n) is 3.43. The molecule has 0 saturated heterocycles. The Morgan fingerprint density at radius 2 is 0.857 bits per heavy atom. The molecule has 0 aliphatic rings. The first-order valence-corrected chi connectivity index (χ1v) is 20.9. The molecule has 8 heteroatoms. The van der Waals surface area contributed by atoms with Gasteiger partial charge in [0.15, 0.2) is 0 Å². The lowest BCUT2D eigenvalue weighted by molar-refractivity contribution is 0.224. The van der Waals surface area contributed by atoms with Crippen LogP contribution in [0.5, 0.6) is 0 Å². The van der Waals surface area contributed by atoms with Gasteiger partial charge in [-0.05, 0) is 19.7 Å². The van der Waals surface area contributed by atoms with Gasteiger partial charge in [0, 0.05) is 14.2 Å². The zero-order valence-corrected chi connectivity index (χ0v) is 24.8. The van der Waals surface area contributed by atoms with Crippen LogP contribution in [0.2, 0.25) is 24.2 Å². The van der Waals surface area contributed by atoms with Crippen LogP contribution in [0.1, 0.15) is 79.1 Å². The molecular weight excluding hydrogens is 457 g/mol. The molecule has 0 aromatic heterocycles. The summed E-state index contributed by atoms with van der Waals surface area (Å²) in [5.41, 5.74) is 0. The second-order valence-electron chi connectivity index (χ2n) is 7.63. The molecule has 170 valence electrons. The van der Waals surface area contributed by atoms with E-state index in [-0.39, 0.29) is 0 Å². The van der Waals surface area contributed by atoms with Crippen LogP contribution in [0.25, 0.3) is 0 Å². The maximum atomic E-state index is 5.95. The van der Waals surface area contributed by atoms with Crippen LogP contribution in [0.15, 0.2) is 0 Å². The smallest absolute Gasteiger partial charge is 0.0984 e. The minimum Gasteiger partial charge on any atom is -0.374 e. The van der Waals surface area contributed by atoms with E-state index in [9.17, 15) is 0 Å². The van der Waals surface area contributed by atoms with Gasteiger partial charge >= 0.3 is 0 Å². The van der Waals surface area contributed by atoms with Gasteiger partial charge in [-0.1, -0.05) is 125 Å². The molecule has 0 rings (SSSR count). The minimum atomic E-state index is -0.835. The number of unbranched alkanes of at least 4 members (excludes halogenated alkanes) is 4. The summed E-state index contributed by atoms with van der Waals surface area (Å²) in [6, 6.07) is 5.74. The van der Waals surface area contributed by atoms with Crippen molar-refractivity contribution in [2.45, 2.75) is 113 Å². The van der Waals surface area contributed by atoms with Crippen molar-refractivity contribution in [3.8, 4) is 0 Å². The lowest BCUT2D eigenvalue weighted by atomic mass is 10.4. The highest BCUT2D eigenvalue weighted by molar-refractivity contribution is 9.26. The molecule has 0 bridgehead atoms. The van der Waals surface area contributed by atoms with Gasteiger partial charge in [0.25, 0.3) is 0 Å². The van der Waals surface area contributed by atoms with Gasteiger partial charge in [0.1, 0.15) is 0 Å². The fourth-order valence-corrected chi connectivity index (χ4v) is 23.0. The molecule has 0 radical (unpaired) electrons. The topological polar surface area (TPSA) is 18.5 Å². The Labute approximate surface area is 195 Å². The Bertz CT molecular complexity index is 285. The first-order valence-electron chi connectivity index (χ1n) is 11.4. The monoisotopic (exact) mass is 502 g/mol. The molecule has 28 heavy (non-hydrogen) atoms. The van der Waals surface area contributed by atoms with Crippen molar-refractivity contribution in [2.75, 3.05) is 14.2 Å². The third-order valence-electron chi connectivity index (χ3n) is 5.24. The largest absolute Gasteiger partial charge is 0.374 e. The number of ether oxygens (including phenoxy) is 2. The van der Waals surface area contributed by atoms with Crippen molar-refractivity contribution in [1.82, 2.24) is 0 Å². The second-order valence-corrected chi connectivity index (χ2v) is 21.2. The second kappa shape index (κ2) is 22.0. The molecule has 2 nitrogen and oxygen atoms in total. The van der Waals surface area contributed by atoms with Gasteiger partial charge in [-0.15, -0.1) is 0 Å². The Hall–Kier alpha value is 1.75. The normalized spacial score (nSPS) is 14.1. The maximum Gasteiger partial charge on any atom is 0.0984 e. The summed E-state index contributed by atoms with van der Waals surface area (Å²) in [5, 5.41) is 0.899. The average Bonchev–Trinajstić information content (AvgIpc) is 2.72. The highest BCUT2D eigenvalue weighted by Crippen LogP contribution is 2.48. The van der Waals surface area contributed by atoms with Gasteiger partial charge < -0.3 is 9.47 Å². The molecule has 0 aromatic rings. The summed E-state index contributed by atoms with van der Waals surface area (Å²) in [6.07, 6.45) is 10.7. The van der Waals surface area contributed by atoms with E-state index in [1.807, 2.05) is 55.5 Å². The van der Waals surface area contributed by atoms with Crippen LogP contribution < -0.4 is 0 Å². The zero-order chi connectivity index (χ0) is 21.0. The number of hydrogen-bond donors (Lipinski definition) is 0. The summed E-state index contributed by atoms with van der Waals surface area (Å²) in [7, 11) is 10.0. The lowest BCUT2D eigenvalue weighted by Crippen LogP contribution is -2.29. The van der Waals surface area contributed by atoms with Crippen molar-refractivity contribution in [3.05, 3.63) is 0 Å². The third kappa shape index (κ3) is 14.7. The van der Waals surface area contributed by atoms with Gasteiger partial charge in [0.2, 0.25) is 0 Å². The molecule has 0 N–H and O–H groups in total. The van der Waals surface area contributed by atoms with Crippen LogP contribution in [-0.4, -0.2) is 41.9 Å².